The normalized spacial score (nSPS) is 18.8. The van der Waals surface area contributed by atoms with Crippen LogP contribution in [0.4, 0.5) is 0 Å². The Hall–Kier alpha value is -0.480. The maximum Gasteiger partial charge on any atom is 0.121 e. The number of hydrogen-bond acceptors (Lipinski definition) is 3. The van der Waals surface area contributed by atoms with Crippen LogP contribution in [0.1, 0.15) is 24.4 Å². The summed E-state index contributed by atoms with van der Waals surface area (Å²) in [5.74, 6) is 0.710. The molecule has 1 atom stereocenters. The van der Waals surface area contributed by atoms with Gasteiger partial charge >= 0.3 is 0 Å². The van der Waals surface area contributed by atoms with Gasteiger partial charge in [-0.15, -0.1) is 0 Å². The highest BCUT2D eigenvalue weighted by Crippen LogP contribution is 2.38. The van der Waals surface area contributed by atoms with E-state index in [-0.39, 0.29) is 11.8 Å². The van der Waals surface area contributed by atoms with Gasteiger partial charge in [0.1, 0.15) is 5.75 Å². The molecule has 3 nitrogen and oxygen atoms in total. The van der Waals surface area contributed by atoms with Crippen molar-refractivity contribution in [2.24, 2.45) is 5.92 Å². The fourth-order valence-electron chi connectivity index (χ4n) is 2.62. The highest BCUT2D eigenvalue weighted by molar-refractivity contribution is 6.42. The van der Waals surface area contributed by atoms with Crippen molar-refractivity contribution in [3.63, 3.8) is 0 Å². The van der Waals surface area contributed by atoms with Crippen molar-refractivity contribution in [3.05, 3.63) is 27.7 Å². The zero-order chi connectivity index (χ0) is 13.1. The predicted octanol–water partition coefficient (Wildman–Crippen LogP) is 2.96. The molecular formula is C13H18Cl2N2O. The molecule has 0 spiro atoms. The SMILES string of the molecule is CNC(c1cc(Cl)c(Cl)cc1O)C1CCNCC1. The summed E-state index contributed by atoms with van der Waals surface area (Å²) >= 11 is 11.9. The maximum atomic E-state index is 10.0. The Kier molecular flexibility index (Phi) is 4.73. The molecule has 1 aromatic carbocycles. The molecule has 1 unspecified atom stereocenters. The number of hydrogen-bond donors (Lipinski definition) is 3. The lowest BCUT2D eigenvalue weighted by Crippen LogP contribution is -2.35. The van der Waals surface area contributed by atoms with E-state index in [1.165, 1.54) is 6.07 Å². The minimum atomic E-state index is 0.113. The first-order valence-corrected chi connectivity index (χ1v) is 6.95. The van der Waals surface area contributed by atoms with Gasteiger partial charge < -0.3 is 15.7 Å². The minimum Gasteiger partial charge on any atom is -0.508 e. The van der Waals surface area contributed by atoms with E-state index in [9.17, 15) is 5.11 Å². The molecule has 18 heavy (non-hydrogen) atoms. The largest absolute Gasteiger partial charge is 0.508 e. The van der Waals surface area contributed by atoms with E-state index >= 15 is 0 Å². The highest BCUT2D eigenvalue weighted by atomic mass is 35.5. The van der Waals surface area contributed by atoms with Crippen LogP contribution in [0.5, 0.6) is 5.75 Å². The zero-order valence-corrected chi connectivity index (χ0v) is 11.9. The van der Waals surface area contributed by atoms with E-state index in [1.807, 2.05) is 7.05 Å². The van der Waals surface area contributed by atoms with Crippen molar-refractivity contribution < 1.29 is 5.11 Å². The minimum absolute atomic E-state index is 0.113. The third-order valence-electron chi connectivity index (χ3n) is 3.57. The summed E-state index contributed by atoms with van der Waals surface area (Å²) in [7, 11) is 1.91. The Bertz CT molecular complexity index is 420. The molecule has 1 fully saturated rings. The lowest BCUT2D eigenvalue weighted by Gasteiger charge is -2.31. The Labute approximate surface area is 117 Å². The van der Waals surface area contributed by atoms with E-state index < -0.39 is 0 Å². The van der Waals surface area contributed by atoms with Gasteiger partial charge in [-0.2, -0.15) is 0 Å². The van der Waals surface area contributed by atoms with Crippen molar-refractivity contribution in [1.82, 2.24) is 10.6 Å². The highest BCUT2D eigenvalue weighted by Gasteiger charge is 2.26. The van der Waals surface area contributed by atoms with Gasteiger partial charge in [-0.3, -0.25) is 0 Å². The monoisotopic (exact) mass is 288 g/mol. The van der Waals surface area contributed by atoms with Gasteiger partial charge in [0.25, 0.3) is 0 Å². The first-order chi connectivity index (χ1) is 8.63. The number of phenolic OH excluding ortho intramolecular Hbond substituents is 1. The molecule has 0 saturated carbocycles. The van der Waals surface area contributed by atoms with Crippen LogP contribution >= 0.6 is 23.2 Å². The molecule has 0 radical (unpaired) electrons. The van der Waals surface area contributed by atoms with Crippen LogP contribution in [0.25, 0.3) is 0 Å². The van der Waals surface area contributed by atoms with Crippen molar-refractivity contribution >= 4 is 23.2 Å². The molecule has 0 amide bonds. The first kappa shape index (κ1) is 13.9. The number of halogens is 2. The molecule has 0 aromatic heterocycles. The summed E-state index contributed by atoms with van der Waals surface area (Å²) in [4.78, 5) is 0. The van der Waals surface area contributed by atoms with Gasteiger partial charge in [-0.1, -0.05) is 23.2 Å². The second-order valence-electron chi connectivity index (χ2n) is 4.68. The first-order valence-electron chi connectivity index (χ1n) is 6.19. The number of piperidine rings is 1. The van der Waals surface area contributed by atoms with E-state index in [4.69, 9.17) is 23.2 Å². The summed E-state index contributed by atoms with van der Waals surface area (Å²) in [6.45, 7) is 2.04. The van der Waals surface area contributed by atoms with Gasteiger partial charge in [-0.25, -0.2) is 0 Å². The maximum absolute atomic E-state index is 10.0. The van der Waals surface area contributed by atoms with Crippen LogP contribution in [-0.4, -0.2) is 25.2 Å². The molecule has 1 saturated heterocycles. The Balaban J connectivity index is 2.28. The van der Waals surface area contributed by atoms with Gasteiger partial charge in [0.15, 0.2) is 0 Å². The topological polar surface area (TPSA) is 44.3 Å². The average molecular weight is 289 g/mol. The molecule has 0 aliphatic carbocycles. The van der Waals surface area contributed by atoms with E-state index in [0.29, 0.717) is 16.0 Å². The third-order valence-corrected chi connectivity index (χ3v) is 4.29. The molecule has 1 heterocycles. The smallest absolute Gasteiger partial charge is 0.121 e. The zero-order valence-electron chi connectivity index (χ0n) is 10.3. The lowest BCUT2D eigenvalue weighted by molar-refractivity contribution is 0.288. The van der Waals surface area contributed by atoms with Crippen LogP contribution in [0.15, 0.2) is 12.1 Å². The second kappa shape index (κ2) is 6.11. The lowest BCUT2D eigenvalue weighted by atomic mass is 9.85. The summed E-state index contributed by atoms with van der Waals surface area (Å²) in [5.41, 5.74) is 0.832. The Morgan fingerprint density at radius 1 is 1.28 bits per heavy atom. The van der Waals surface area contributed by atoms with Crippen molar-refractivity contribution in [3.8, 4) is 5.75 Å². The number of aromatic hydroxyl groups is 1. The molecule has 1 aliphatic heterocycles. The van der Waals surface area contributed by atoms with Crippen molar-refractivity contribution in [2.45, 2.75) is 18.9 Å². The number of benzene rings is 1. The number of nitrogens with one attached hydrogen (secondary N) is 2. The van der Waals surface area contributed by atoms with Crippen LogP contribution in [0.3, 0.4) is 0 Å². The standard InChI is InChI=1S/C13H18Cl2N2O/c1-16-13(8-2-4-17-5-3-8)9-6-10(14)11(15)7-12(9)18/h6-8,13,16-18H,2-5H2,1H3. The van der Waals surface area contributed by atoms with Gasteiger partial charge in [0.05, 0.1) is 10.0 Å². The van der Waals surface area contributed by atoms with Crippen LogP contribution in [0, 0.1) is 5.92 Å². The number of phenols is 1. The fraction of sp³-hybridized carbons (Fsp3) is 0.538. The molecular weight excluding hydrogens is 271 g/mol. The predicted molar refractivity (Wildman–Crippen MR) is 75.5 cm³/mol. The molecule has 5 heteroatoms. The average Bonchev–Trinajstić information content (AvgIpc) is 2.38. The molecule has 2 rings (SSSR count). The second-order valence-corrected chi connectivity index (χ2v) is 5.49. The van der Waals surface area contributed by atoms with Crippen LogP contribution < -0.4 is 10.6 Å². The van der Waals surface area contributed by atoms with Crippen LogP contribution in [-0.2, 0) is 0 Å². The molecule has 1 aromatic rings. The summed E-state index contributed by atoms with van der Waals surface area (Å²) < 4.78 is 0. The Morgan fingerprint density at radius 3 is 2.50 bits per heavy atom. The fourth-order valence-corrected chi connectivity index (χ4v) is 2.95. The summed E-state index contributed by atoms with van der Waals surface area (Å²) in [5, 5.41) is 17.6. The third kappa shape index (κ3) is 2.91. The van der Waals surface area contributed by atoms with Gasteiger partial charge in [-0.05, 0) is 45.0 Å². The molecule has 100 valence electrons. The summed E-state index contributed by atoms with van der Waals surface area (Å²) in [6, 6.07) is 3.40. The van der Waals surface area contributed by atoms with Crippen molar-refractivity contribution in [1.29, 1.82) is 0 Å². The summed E-state index contributed by atoms with van der Waals surface area (Å²) in [6.07, 6.45) is 2.18. The van der Waals surface area contributed by atoms with Gasteiger partial charge in [0, 0.05) is 17.7 Å². The molecule has 1 aliphatic rings. The van der Waals surface area contributed by atoms with Gasteiger partial charge in [0.2, 0.25) is 0 Å². The van der Waals surface area contributed by atoms with E-state index in [1.54, 1.807) is 6.07 Å². The quantitative estimate of drug-likeness (QED) is 0.801. The van der Waals surface area contributed by atoms with E-state index in [2.05, 4.69) is 10.6 Å². The van der Waals surface area contributed by atoms with E-state index in [0.717, 1.165) is 31.5 Å². The number of rotatable bonds is 3. The molecule has 0 bridgehead atoms. The molecule has 3 N–H and O–H groups in total. The van der Waals surface area contributed by atoms with Crippen molar-refractivity contribution in [2.75, 3.05) is 20.1 Å². The van der Waals surface area contributed by atoms with Crippen LogP contribution in [0.2, 0.25) is 10.0 Å². The Morgan fingerprint density at radius 2 is 1.89 bits per heavy atom.